The van der Waals surface area contributed by atoms with Crippen molar-refractivity contribution >= 4 is 13.3 Å². The van der Waals surface area contributed by atoms with Gasteiger partial charge in [-0.25, -0.2) is 0 Å². The highest BCUT2D eigenvalue weighted by Crippen LogP contribution is 2.63. The fourth-order valence-electron chi connectivity index (χ4n) is 2.70. The first kappa shape index (κ1) is 17.0. The molecule has 6 heteroatoms. The second kappa shape index (κ2) is 7.39. The Morgan fingerprint density at radius 2 is 1.92 bits per heavy atom. The Bertz CT molecular complexity index is 739. The topological polar surface area (TPSA) is 56.8 Å². The van der Waals surface area contributed by atoms with Crippen LogP contribution in [0.2, 0.25) is 0 Å². The van der Waals surface area contributed by atoms with Gasteiger partial charge in [0.05, 0.1) is 19.8 Å². The molecule has 0 amide bonds. The van der Waals surface area contributed by atoms with Gasteiger partial charge in [0.1, 0.15) is 5.75 Å². The van der Waals surface area contributed by atoms with Crippen molar-refractivity contribution in [3.05, 3.63) is 59.7 Å². The average Bonchev–Trinajstić information content (AvgIpc) is 3.01. The first-order valence-corrected chi connectivity index (χ1v) is 9.67. The zero-order chi connectivity index (χ0) is 17.0. The van der Waals surface area contributed by atoms with E-state index in [0.717, 1.165) is 22.6 Å². The number of benzene rings is 2. The molecule has 0 bridgehead atoms. The minimum Gasteiger partial charge on any atom is -0.494 e. The molecule has 1 atom stereocenters. The van der Waals surface area contributed by atoms with Gasteiger partial charge in [-0.1, -0.05) is 35.9 Å². The van der Waals surface area contributed by atoms with Crippen molar-refractivity contribution in [2.24, 2.45) is 0 Å². The highest BCUT2D eigenvalue weighted by atomic mass is 31.2. The van der Waals surface area contributed by atoms with Crippen LogP contribution in [0, 0.1) is 6.92 Å². The van der Waals surface area contributed by atoms with Crippen LogP contribution in [-0.4, -0.2) is 19.8 Å². The largest absolute Gasteiger partial charge is 0.494 e. The Hall–Kier alpha value is -1.81. The zero-order valence-corrected chi connectivity index (χ0v) is 14.8. The van der Waals surface area contributed by atoms with E-state index in [1.807, 2.05) is 62.4 Å². The number of aryl methyl sites for hydroxylation is 1. The predicted molar refractivity (Wildman–Crippen MR) is 94.7 cm³/mol. The molecule has 0 spiro atoms. The molecule has 1 aliphatic rings. The standard InChI is InChI=1S/C18H22NO4P/c1-3-21-17-9-5-8-16(13-17)19-18(24(20)22-10-11-23-24)15-7-4-6-14(2)12-15/h4-9,12-13,18-19H,3,10-11H2,1-2H3. The van der Waals surface area contributed by atoms with E-state index in [2.05, 4.69) is 5.32 Å². The van der Waals surface area contributed by atoms with Gasteiger partial charge in [-0.05, 0) is 31.5 Å². The Balaban J connectivity index is 1.93. The molecular formula is C18H22NO4P. The second-order valence-corrected chi connectivity index (χ2v) is 7.74. The van der Waals surface area contributed by atoms with Crippen molar-refractivity contribution in [1.29, 1.82) is 0 Å². The lowest BCUT2D eigenvalue weighted by Crippen LogP contribution is -2.12. The van der Waals surface area contributed by atoms with Gasteiger partial charge in [0.25, 0.3) is 0 Å². The summed E-state index contributed by atoms with van der Waals surface area (Å²) in [7, 11) is -3.27. The van der Waals surface area contributed by atoms with Crippen LogP contribution >= 0.6 is 7.60 Å². The number of nitrogens with one attached hydrogen (secondary N) is 1. The molecule has 24 heavy (non-hydrogen) atoms. The molecule has 0 aliphatic carbocycles. The molecule has 1 aliphatic heterocycles. The monoisotopic (exact) mass is 347 g/mol. The number of hydrogen-bond acceptors (Lipinski definition) is 5. The minimum atomic E-state index is -3.27. The number of hydrogen-bond donors (Lipinski definition) is 1. The first-order chi connectivity index (χ1) is 11.6. The SMILES string of the molecule is CCOc1cccc(NC(c2cccc(C)c2)P2(=O)OCCO2)c1. The highest BCUT2D eigenvalue weighted by molar-refractivity contribution is 7.54. The van der Waals surface area contributed by atoms with Crippen LogP contribution in [0.3, 0.4) is 0 Å². The number of anilines is 1. The van der Waals surface area contributed by atoms with Crippen molar-refractivity contribution < 1.29 is 18.3 Å². The Kier molecular flexibility index (Phi) is 5.24. The van der Waals surface area contributed by atoms with Gasteiger partial charge in [0, 0.05) is 11.8 Å². The number of ether oxygens (including phenoxy) is 1. The highest BCUT2D eigenvalue weighted by Gasteiger charge is 2.41. The summed E-state index contributed by atoms with van der Waals surface area (Å²) in [6.45, 7) is 5.23. The van der Waals surface area contributed by atoms with E-state index in [4.69, 9.17) is 13.8 Å². The van der Waals surface area contributed by atoms with Crippen LogP contribution in [0.4, 0.5) is 5.69 Å². The summed E-state index contributed by atoms with van der Waals surface area (Å²) in [6, 6.07) is 15.5. The molecule has 2 aromatic rings. The fraction of sp³-hybridized carbons (Fsp3) is 0.333. The Morgan fingerprint density at radius 3 is 2.62 bits per heavy atom. The van der Waals surface area contributed by atoms with Crippen molar-refractivity contribution in [1.82, 2.24) is 0 Å². The van der Waals surface area contributed by atoms with Crippen LogP contribution in [0.15, 0.2) is 48.5 Å². The van der Waals surface area contributed by atoms with Crippen LogP contribution < -0.4 is 10.1 Å². The van der Waals surface area contributed by atoms with Crippen molar-refractivity contribution in [2.75, 3.05) is 25.1 Å². The average molecular weight is 347 g/mol. The Morgan fingerprint density at radius 1 is 1.17 bits per heavy atom. The van der Waals surface area contributed by atoms with E-state index in [1.54, 1.807) is 0 Å². The van der Waals surface area contributed by atoms with Gasteiger partial charge in [0.2, 0.25) is 0 Å². The lowest BCUT2D eigenvalue weighted by Gasteiger charge is -2.25. The van der Waals surface area contributed by atoms with E-state index in [0.29, 0.717) is 19.8 Å². The maximum Gasteiger partial charge on any atom is 0.357 e. The summed E-state index contributed by atoms with van der Waals surface area (Å²) in [5.74, 6) is 0.203. The summed E-state index contributed by atoms with van der Waals surface area (Å²) in [5.41, 5.74) is 2.77. The molecule has 1 N–H and O–H groups in total. The zero-order valence-electron chi connectivity index (χ0n) is 13.9. The molecule has 5 nitrogen and oxygen atoms in total. The van der Waals surface area contributed by atoms with E-state index in [1.165, 1.54) is 0 Å². The van der Waals surface area contributed by atoms with Gasteiger partial charge in [0.15, 0.2) is 5.78 Å². The molecule has 1 saturated heterocycles. The van der Waals surface area contributed by atoms with Gasteiger partial charge >= 0.3 is 7.60 Å². The summed E-state index contributed by atoms with van der Waals surface area (Å²) >= 11 is 0. The molecular weight excluding hydrogens is 325 g/mol. The summed E-state index contributed by atoms with van der Waals surface area (Å²) < 4.78 is 29.6. The van der Waals surface area contributed by atoms with Crippen LogP contribution in [-0.2, 0) is 13.6 Å². The van der Waals surface area contributed by atoms with Crippen molar-refractivity contribution in [3.63, 3.8) is 0 Å². The summed E-state index contributed by atoms with van der Waals surface area (Å²) in [6.07, 6.45) is 0. The van der Waals surface area contributed by atoms with Gasteiger partial charge in [-0.15, -0.1) is 0 Å². The minimum absolute atomic E-state index is 0.347. The molecule has 1 heterocycles. The maximum atomic E-state index is 13.1. The molecule has 3 rings (SSSR count). The summed E-state index contributed by atoms with van der Waals surface area (Å²) in [4.78, 5) is 0. The van der Waals surface area contributed by atoms with Gasteiger partial charge in [-0.2, -0.15) is 0 Å². The summed E-state index contributed by atoms with van der Waals surface area (Å²) in [5, 5.41) is 3.31. The first-order valence-electron chi connectivity index (χ1n) is 8.05. The Labute approximate surface area is 142 Å². The number of rotatable bonds is 6. The van der Waals surface area contributed by atoms with E-state index >= 15 is 0 Å². The van der Waals surface area contributed by atoms with Crippen LogP contribution in [0.1, 0.15) is 23.8 Å². The third-order valence-electron chi connectivity index (χ3n) is 3.75. The van der Waals surface area contributed by atoms with Crippen LogP contribution in [0.5, 0.6) is 5.75 Å². The molecule has 0 aromatic heterocycles. The van der Waals surface area contributed by atoms with Crippen LogP contribution in [0.25, 0.3) is 0 Å². The lowest BCUT2D eigenvalue weighted by atomic mass is 10.1. The normalized spacial score (nSPS) is 17.4. The third kappa shape index (κ3) is 3.81. The van der Waals surface area contributed by atoms with Gasteiger partial charge in [-0.3, -0.25) is 4.57 Å². The van der Waals surface area contributed by atoms with E-state index in [9.17, 15) is 4.57 Å². The van der Waals surface area contributed by atoms with Gasteiger partial charge < -0.3 is 19.1 Å². The molecule has 2 aromatic carbocycles. The molecule has 0 saturated carbocycles. The lowest BCUT2D eigenvalue weighted by molar-refractivity contribution is 0.339. The molecule has 1 unspecified atom stereocenters. The maximum absolute atomic E-state index is 13.1. The van der Waals surface area contributed by atoms with Crippen molar-refractivity contribution in [3.8, 4) is 5.75 Å². The predicted octanol–water partition coefficient (Wildman–Crippen LogP) is 4.74. The smallest absolute Gasteiger partial charge is 0.357 e. The molecule has 128 valence electrons. The molecule has 0 radical (unpaired) electrons. The third-order valence-corrected chi connectivity index (χ3v) is 5.89. The van der Waals surface area contributed by atoms with E-state index in [-0.39, 0.29) is 0 Å². The van der Waals surface area contributed by atoms with E-state index < -0.39 is 13.4 Å². The second-order valence-electron chi connectivity index (χ2n) is 5.63. The fourth-order valence-corrected chi connectivity index (χ4v) is 4.56. The van der Waals surface area contributed by atoms with Crippen molar-refractivity contribution in [2.45, 2.75) is 19.6 Å². The molecule has 1 fully saturated rings. The quantitative estimate of drug-likeness (QED) is 0.765.